The number of likely N-dealkylation sites (tertiary alicyclic amines) is 1. The van der Waals surface area contributed by atoms with Crippen molar-refractivity contribution in [2.24, 2.45) is 0 Å². The van der Waals surface area contributed by atoms with Gasteiger partial charge in [-0.3, -0.25) is 4.90 Å². The third-order valence-corrected chi connectivity index (χ3v) is 6.55. The van der Waals surface area contributed by atoms with Crippen molar-refractivity contribution >= 4 is 21.7 Å². The molecule has 8 heteroatoms. The topological polar surface area (TPSA) is 81.8 Å². The molecule has 26 heavy (non-hydrogen) atoms. The number of carbonyl (C=O) groups is 1. The van der Waals surface area contributed by atoms with E-state index < -0.39 is 16.1 Å². The lowest BCUT2D eigenvalue weighted by Gasteiger charge is -2.33. The molecule has 2 N–H and O–H groups in total. The zero-order valence-corrected chi connectivity index (χ0v) is 16.7. The van der Waals surface area contributed by atoms with E-state index in [2.05, 4.69) is 28.5 Å². The van der Waals surface area contributed by atoms with Crippen molar-refractivity contribution in [1.82, 2.24) is 14.5 Å². The number of nitrogens with one attached hydrogen (secondary N) is 2. The predicted octanol–water partition coefficient (Wildman–Crippen LogP) is 2.07. The van der Waals surface area contributed by atoms with Crippen LogP contribution in [0.2, 0.25) is 0 Å². The molecular formula is C18H30N4O3S. The lowest BCUT2D eigenvalue weighted by atomic mass is 10.0. The van der Waals surface area contributed by atoms with Gasteiger partial charge in [-0.25, -0.2) is 17.5 Å². The third kappa shape index (κ3) is 6.26. The molecule has 0 unspecified atom stereocenters. The van der Waals surface area contributed by atoms with E-state index in [0.29, 0.717) is 11.7 Å². The van der Waals surface area contributed by atoms with Gasteiger partial charge in [0, 0.05) is 38.9 Å². The first-order valence-electron chi connectivity index (χ1n) is 9.06. The molecule has 0 spiro atoms. The van der Waals surface area contributed by atoms with E-state index in [-0.39, 0.29) is 12.3 Å². The molecule has 1 aromatic carbocycles. The van der Waals surface area contributed by atoms with Gasteiger partial charge in [-0.05, 0) is 44.0 Å². The fourth-order valence-corrected chi connectivity index (χ4v) is 3.75. The number of rotatable bonds is 7. The minimum atomic E-state index is -3.31. The van der Waals surface area contributed by atoms with E-state index in [0.717, 1.165) is 23.0 Å². The zero-order chi connectivity index (χ0) is 19.2. The van der Waals surface area contributed by atoms with Crippen molar-refractivity contribution in [3.63, 3.8) is 0 Å². The molecule has 1 aliphatic heterocycles. The molecule has 1 fully saturated rings. The monoisotopic (exact) mass is 382 g/mol. The van der Waals surface area contributed by atoms with Crippen LogP contribution in [0, 0.1) is 0 Å². The number of nitrogens with zero attached hydrogens (tertiary/aromatic N) is 2. The Hall–Kier alpha value is -1.64. The van der Waals surface area contributed by atoms with Crippen molar-refractivity contribution in [3.8, 4) is 0 Å². The van der Waals surface area contributed by atoms with E-state index in [4.69, 9.17) is 0 Å². The second-order valence-corrected chi connectivity index (χ2v) is 9.30. The van der Waals surface area contributed by atoms with Gasteiger partial charge in [0.2, 0.25) is 10.0 Å². The van der Waals surface area contributed by atoms with Crippen molar-refractivity contribution in [1.29, 1.82) is 0 Å². The first-order valence-corrected chi connectivity index (χ1v) is 10.7. The summed E-state index contributed by atoms with van der Waals surface area (Å²) in [4.78, 5) is 14.4. The highest BCUT2D eigenvalue weighted by atomic mass is 32.2. The maximum absolute atomic E-state index is 12.0. The number of piperidine rings is 1. The minimum absolute atomic E-state index is 0.0668. The van der Waals surface area contributed by atoms with Crippen molar-refractivity contribution in [2.75, 3.05) is 38.3 Å². The molecule has 146 valence electrons. The molecule has 0 saturated carbocycles. The average molecular weight is 383 g/mol. The Balaban J connectivity index is 1.84. The average Bonchev–Trinajstić information content (AvgIpc) is 2.57. The van der Waals surface area contributed by atoms with Crippen LogP contribution in [0.1, 0.15) is 31.7 Å². The Morgan fingerprint density at radius 2 is 2.08 bits per heavy atom. The summed E-state index contributed by atoms with van der Waals surface area (Å²) in [6.07, 6.45) is 3.76. The Bertz CT molecular complexity index is 706. The highest BCUT2D eigenvalue weighted by Crippen LogP contribution is 2.20. The molecule has 0 aromatic heterocycles. The summed E-state index contributed by atoms with van der Waals surface area (Å²) in [6, 6.07) is 7.98. The maximum Gasteiger partial charge on any atom is 0.319 e. The second kappa shape index (κ2) is 9.34. The third-order valence-electron chi connectivity index (χ3n) is 4.71. The fourth-order valence-electron chi connectivity index (χ4n) is 3.03. The van der Waals surface area contributed by atoms with Crippen LogP contribution in [-0.4, -0.2) is 62.6 Å². The molecule has 1 saturated heterocycles. The van der Waals surface area contributed by atoms with Crippen LogP contribution in [0.25, 0.3) is 0 Å². The molecule has 2 amide bonds. The summed E-state index contributed by atoms with van der Waals surface area (Å²) in [6.45, 7) is 4.31. The Labute approximate surface area is 156 Å². The van der Waals surface area contributed by atoms with Crippen LogP contribution in [0.15, 0.2) is 24.3 Å². The highest BCUT2D eigenvalue weighted by Gasteiger charge is 2.18. The summed E-state index contributed by atoms with van der Waals surface area (Å²) in [5, 5.41) is 5.35. The van der Waals surface area contributed by atoms with E-state index >= 15 is 0 Å². The first-order chi connectivity index (χ1) is 12.3. The Kier molecular flexibility index (Phi) is 7.43. The predicted molar refractivity (Wildman–Crippen MR) is 105 cm³/mol. The van der Waals surface area contributed by atoms with Gasteiger partial charge in [-0.2, -0.15) is 0 Å². The second-order valence-electron chi connectivity index (χ2n) is 6.99. The zero-order valence-electron chi connectivity index (χ0n) is 15.9. The van der Waals surface area contributed by atoms with Crippen LogP contribution in [0.5, 0.6) is 0 Å². The van der Waals surface area contributed by atoms with Crippen LogP contribution in [-0.2, 0) is 16.6 Å². The number of urea groups is 1. The Morgan fingerprint density at radius 3 is 2.77 bits per heavy atom. The molecule has 0 bridgehead atoms. The largest absolute Gasteiger partial charge is 0.337 e. The molecule has 1 atom stereocenters. The van der Waals surface area contributed by atoms with Gasteiger partial charge < -0.3 is 10.6 Å². The van der Waals surface area contributed by atoms with Crippen molar-refractivity contribution in [2.45, 2.75) is 38.8 Å². The molecule has 2 rings (SSSR count). The van der Waals surface area contributed by atoms with E-state index in [1.165, 1.54) is 33.4 Å². The number of hydrogen-bond donors (Lipinski definition) is 2. The number of anilines is 1. The quantitative estimate of drug-likeness (QED) is 0.756. The number of sulfonamides is 1. The maximum atomic E-state index is 12.0. The molecule has 0 radical (unpaired) electrons. The van der Waals surface area contributed by atoms with Crippen molar-refractivity contribution in [3.05, 3.63) is 29.8 Å². The van der Waals surface area contributed by atoms with Gasteiger partial charge in [0.1, 0.15) is 0 Å². The van der Waals surface area contributed by atoms with Crippen molar-refractivity contribution < 1.29 is 13.2 Å². The van der Waals surface area contributed by atoms with Crippen LogP contribution >= 0.6 is 0 Å². The fraction of sp³-hybridized carbons (Fsp3) is 0.611. The van der Waals surface area contributed by atoms with Crippen LogP contribution in [0.3, 0.4) is 0 Å². The van der Waals surface area contributed by atoms with Gasteiger partial charge in [0.15, 0.2) is 0 Å². The SMILES string of the molecule is C[C@H]1CCCCN1Cc1cccc(NC(=O)NCCS(=O)(=O)N(C)C)c1. The molecule has 0 aliphatic carbocycles. The van der Waals surface area contributed by atoms with Crippen LogP contribution in [0.4, 0.5) is 10.5 Å². The first kappa shape index (κ1) is 20.7. The van der Waals surface area contributed by atoms with Gasteiger partial charge in [-0.1, -0.05) is 18.6 Å². The summed E-state index contributed by atoms with van der Waals surface area (Å²) >= 11 is 0. The summed E-state index contributed by atoms with van der Waals surface area (Å²) in [7, 11) is -0.357. The lowest BCUT2D eigenvalue weighted by molar-refractivity contribution is 0.152. The number of benzene rings is 1. The van der Waals surface area contributed by atoms with Crippen LogP contribution < -0.4 is 10.6 Å². The smallest absolute Gasteiger partial charge is 0.319 e. The molecular weight excluding hydrogens is 352 g/mol. The molecule has 1 aliphatic rings. The number of hydrogen-bond acceptors (Lipinski definition) is 4. The van der Waals surface area contributed by atoms with E-state index in [1.807, 2.05) is 18.2 Å². The Morgan fingerprint density at radius 1 is 1.31 bits per heavy atom. The molecule has 1 heterocycles. The van der Waals surface area contributed by atoms with Gasteiger partial charge in [0.05, 0.1) is 5.75 Å². The van der Waals surface area contributed by atoms with Gasteiger partial charge in [0.25, 0.3) is 0 Å². The lowest BCUT2D eigenvalue weighted by Crippen LogP contribution is -2.37. The summed E-state index contributed by atoms with van der Waals surface area (Å²) in [5.74, 6) is -0.125. The van der Waals surface area contributed by atoms with Gasteiger partial charge >= 0.3 is 6.03 Å². The highest BCUT2D eigenvalue weighted by molar-refractivity contribution is 7.89. The standard InChI is InChI=1S/C18H30N4O3S/c1-15-7-4-5-11-22(15)14-16-8-6-9-17(13-16)20-18(23)19-10-12-26(24,25)21(2)3/h6,8-9,13,15H,4-5,7,10-12,14H2,1-3H3,(H2,19,20,23)/t15-/m0/s1. The number of amides is 2. The van der Waals surface area contributed by atoms with E-state index in [9.17, 15) is 13.2 Å². The normalized spacial score (nSPS) is 18.7. The number of carbonyl (C=O) groups excluding carboxylic acids is 1. The molecule has 1 aromatic rings. The molecule has 7 nitrogen and oxygen atoms in total. The summed E-state index contributed by atoms with van der Waals surface area (Å²) < 4.78 is 24.5. The summed E-state index contributed by atoms with van der Waals surface area (Å²) in [5.41, 5.74) is 1.87. The van der Waals surface area contributed by atoms with Gasteiger partial charge in [-0.15, -0.1) is 0 Å². The van der Waals surface area contributed by atoms with E-state index in [1.54, 1.807) is 0 Å². The minimum Gasteiger partial charge on any atom is -0.337 e.